The maximum absolute atomic E-state index is 13.2. The topological polar surface area (TPSA) is 85.3 Å². The van der Waals surface area contributed by atoms with Crippen LogP contribution in [0.1, 0.15) is 22.7 Å². The summed E-state index contributed by atoms with van der Waals surface area (Å²) in [6, 6.07) is 20.8. The molecular weight excluding hydrogens is 446 g/mol. The molecule has 0 aromatic heterocycles. The predicted octanol–water partition coefficient (Wildman–Crippen LogP) is 4.86. The average molecular weight is 474 g/mol. The second kappa shape index (κ2) is 10.4. The number of carbonyl (C=O) groups excluding carboxylic acids is 2. The number of aliphatic hydroxyl groups is 1. The highest BCUT2D eigenvalue weighted by Crippen LogP contribution is 2.40. The van der Waals surface area contributed by atoms with Crippen LogP contribution < -0.4 is 9.47 Å². The number of hydrogen-bond acceptors (Lipinski definition) is 6. The van der Waals surface area contributed by atoms with Crippen LogP contribution >= 0.6 is 0 Å². The number of methoxy groups -OCH3 is 2. The first-order valence-electron chi connectivity index (χ1n) is 11.2. The Labute approximate surface area is 204 Å². The zero-order valence-corrected chi connectivity index (χ0v) is 19.9. The maximum atomic E-state index is 13.2. The third kappa shape index (κ3) is 4.90. The summed E-state index contributed by atoms with van der Waals surface area (Å²) in [5, 5.41) is 11.3. The lowest BCUT2D eigenvalue weighted by Gasteiger charge is -2.25. The molecule has 1 saturated heterocycles. The highest BCUT2D eigenvalue weighted by Gasteiger charge is 2.46. The zero-order chi connectivity index (χ0) is 24.9. The fourth-order valence-corrected chi connectivity index (χ4v) is 4.20. The van der Waals surface area contributed by atoms with Gasteiger partial charge in [0.1, 0.15) is 23.0 Å². The van der Waals surface area contributed by atoms with Crippen molar-refractivity contribution < 1.29 is 28.9 Å². The molecule has 1 heterocycles. The van der Waals surface area contributed by atoms with Crippen LogP contribution in [0.25, 0.3) is 5.76 Å². The van der Waals surface area contributed by atoms with Gasteiger partial charge in [-0.15, -0.1) is 0 Å². The molecule has 4 rings (SSSR count). The minimum absolute atomic E-state index is 0.0209. The molecular formula is C28H27NO6. The Morgan fingerprint density at radius 1 is 0.943 bits per heavy atom. The number of amides is 1. The van der Waals surface area contributed by atoms with Crippen LogP contribution in [-0.2, 0) is 14.3 Å². The van der Waals surface area contributed by atoms with Gasteiger partial charge in [0.2, 0.25) is 0 Å². The number of carbonyl (C=O) groups is 2. The van der Waals surface area contributed by atoms with Crippen molar-refractivity contribution in [1.29, 1.82) is 0 Å². The van der Waals surface area contributed by atoms with Crippen LogP contribution in [0.5, 0.6) is 17.2 Å². The molecule has 1 atom stereocenters. The van der Waals surface area contributed by atoms with Crippen LogP contribution in [-0.4, -0.2) is 49.1 Å². The van der Waals surface area contributed by atoms with E-state index in [9.17, 15) is 14.7 Å². The molecule has 0 spiro atoms. The number of para-hydroxylation sites is 1. The van der Waals surface area contributed by atoms with E-state index in [1.807, 2.05) is 37.3 Å². The van der Waals surface area contributed by atoms with Crippen molar-refractivity contribution in [3.8, 4) is 17.2 Å². The number of nitrogens with zero attached hydrogens (tertiary/aromatic N) is 1. The molecule has 3 aromatic rings. The molecule has 0 aliphatic carbocycles. The standard InChI is InChI=1S/C28H27NO6/c1-18-16-20(12-13-23(18)34-3)26(30)24-25(29(14-15-33-2)28(32)27(24)31)19-8-7-11-22(17-19)35-21-9-5-4-6-10-21/h4-13,16-17,25,30H,14-15H2,1-3H3/t25-/m1/s1. The van der Waals surface area contributed by atoms with Gasteiger partial charge in [0.15, 0.2) is 0 Å². The van der Waals surface area contributed by atoms with Crippen molar-refractivity contribution in [1.82, 2.24) is 4.90 Å². The molecule has 0 saturated carbocycles. The maximum Gasteiger partial charge on any atom is 0.295 e. The molecule has 1 N–H and O–H groups in total. The normalized spacial score (nSPS) is 17.0. The van der Waals surface area contributed by atoms with Gasteiger partial charge in [-0.3, -0.25) is 9.59 Å². The van der Waals surface area contributed by atoms with E-state index in [1.54, 1.807) is 49.6 Å². The molecule has 0 radical (unpaired) electrons. The second-order valence-electron chi connectivity index (χ2n) is 8.16. The molecule has 180 valence electrons. The fraction of sp³-hybridized carbons (Fsp3) is 0.214. The minimum atomic E-state index is -0.799. The molecule has 35 heavy (non-hydrogen) atoms. The first kappa shape index (κ1) is 24.0. The van der Waals surface area contributed by atoms with Crippen molar-refractivity contribution in [2.24, 2.45) is 0 Å². The van der Waals surface area contributed by atoms with E-state index in [-0.39, 0.29) is 24.5 Å². The van der Waals surface area contributed by atoms with E-state index in [4.69, 9.17) is 14.2 Å². The Hall–Kier alpha value is -4.10. The number of aliphatic hydroxyl groups excluding tert-OH is 1. The quantitative estimate of drug-likeness (QED) is 0.286. The molecule has 7 heteroatoms. The fourth-order valence-electron chi connectivity index (χ4n) is 4.20. The largest absolute Gasteiger partial charge is 0.507 e. The summed E-state index contributed by atoms with van der Waals surface area (Å²) in [6.45, 7) is 2.27. The van der Waals surface area contributed by atoms with Gasteiger partial charge in [-0.25, -0.2) is 0 Å². The summed E-state index contributed by atoms with van der Waals surface area (Å²) in [7, 11) is 3.09. The highest BCUT2D eigenvalue weighted by atomic mass is 16.5. The molecule has 1 aliphatic heterocycles. The minimum Gasteiger partial charge on any atom is -0.507 e. The molecule has 1 aliphatic rings. The van der Waals surface area contributed by atoms with Crippen LogP contribution in [0.15, 0.2) is 78.4 Å². The summed E-state index contributed by atoms with van der Waals surface area (Å²) < 4.78 is 16.4. The lowest BCUT2D eigenvalue weighted by molar-refractivity contribution is -0.140. The van der Waals surface area contributed by atoms with E-state index in [2.05, 4.69) is 0 Å². The van der Waals surface area contributed by atoms with Gasteiger partial charge in [-0.1, -0.05) is 30.3 Å². The van der Waals surface area contributed by atoms with Gasteiger partial charge in [-0.2, -0.15) is 0 Å². The summed E-state index contributed by atoms with van der Waals surface area (Å²) in [5.74, 6) is 0.190. The molecule has 0 bridgehead atoms. The zero-order valence-electron chi connectivity index (χ0n) is 19.9. The van der Waals surface area contributed by atoms with Gasteiger partial charge in [0, 0.05) is 19.2 Å². The van der Waals surface area contributed by atoms with Crippen LogP contribution in [0.3, 0.4) is 0 Å². The molecule has 3 aromatic carbocycles. The van der Waals surface area contributed by atoms with E-state index in [1.165, 1.54) is 12.0 Å². The Morgan fingerprint density at radius 3 is 2.37 bits per heavy atom. The Kier molecular flexibility index (Phi) is 7.17. The Bertz CT molecular complexity index is 1270. The van der Waals surface area contributed by atoms with Gasteiger partial charge < -0.3 is 24.2 Å². The Balaban J connectivity index is 1.81. The van der Waals surface area contributed by atoms with Crippen molar-refractivity contribution in [2.75, 3.05) is 27.4 Å². The van der Waals surface area contributed by atoms with Gasteiger partial charge in [0.25, 0.3) is 11.7 Å². The second-order valence-corrected chi connectivity index (χ2v) is 8.16. The first-order valence-corrected chi connectivity index (χ1v) is 11.2. The molecule has 1 fully saturated rings. The van der Waals surface area contributed by atoms with E-state index >= 15 is 0 Å². The first-order chi connectivity index (χ1) is 16.9. The van der Waals surface area contributed by atoms with Gasteiger partial charge in [0.05, 0.1) is 25.3 Å². The molecule has 7 nitrogen and oxygen atoms in total. The summed E-state index contributed by atoms with van der Waals surface area (Å²) >= 11 is 0. The number of Topliss-reactive ketones (excluding diaryl/α,β-unsaturated/α-hetero) is 1. The molecule has 1 amide bonds. The van der Waals surface area contributed by atoms with Crippen LogP contribution in [0, 0.1) is 6.92 Å². The van der Waals surface area contributed by atoms with Gasteiger partial charge >= 0.3 is 0 Å². The number of rotatable bonds is 8. The lowest BCUT2D eigenvalue weighted by atomic mass is 9.94. The van der Waals surface area contributed by atoms with Crippen molar-refractivity contribution in [2.45, 2.75) is 13.0 Å². The Morgan fingerprint density at radius 2 is 1.69 bits per heavy atom. The molecule has 0 unspecified atom stereocenters. The summed E-state index contributed by atoms with van der Waals surface area (Å²) in [6.07, 6.45) is 0. The summed E-state index contributed by atoms with van der Waals surface area (Å²) in [4.78, 5) is 27.6. The highest BCUT2D eigenvalue weighted by molar-refractivity contribution is 6.46. The predicted molar refractivity (Wildman–Crippen MR) is 132 cm³/mol. The monoisotopic (exact) mass is 473 g/mol. The number of ether oxygens (including phenoxy) is 3. The van der Waals surface area contributed by atoms with Crippen LogP contribution in [0.4, 0.5) is 0 Å². The lowest BCUT2D eigenvalue weighted by Crippen LogP contribution is -2.32. The third-order valence-electron chi connectivity index (χ3n) is 5.90. The average Bonchev–Trinajstić information content (AvgIpc) is 3.12. The number of likely N-dealkylation sites (tertiary alicyclic amines) is 1. The van der Waals surface area contributed by atoms with Crippen molar-refractivity contribution >= 4 is 17.4 Å². The third-order valence-corrected chi connectivity index (χ3v) is 5.90. The SMILES string of the molecule is COCCN1C(=O)C(=O)C(=C(O)c2ccc(OC)c(C)c2)[C@H]1c1cccc(Oc2ccccc2)c1. The van der Waals surface area contributed by atoms with Crippen molar-refractivity contribution in [3.63, 3.8) is 0 Å². The number of hydrogen-bond donors (Lipinski definition) is 1. The number of aryl methyl sites for hydroxylation is 1. The van der Waals surface area contributed by atoms with E-state index in [0.717, 1.165) is 5.56 Å². The number of ketones is 1. The smallest absolute Gasteiger partial charge is 0.295 e. The number of benzene rings is 3. The summed E-state index contributed by atoms with van der Waals surface area (Å²) in [5.41, 5.74) is 1.88. The van der Waals surface area contributed by atoms with E-state index < -0.39 is 17.7 Å². The van der Waals surface area contributed by atoms with E-state index in [0.29, 0.717) is 28.4 Å². The van der Waals surface area contributed by atoms with Gasteiger partial charge in [-0.05, 0) is 60.5 Å². The van der Waals surface area contributed by atoms with Crippen LogP contribution in [0.2, 0.25) is 0 Å². The van der Waals surface area contributed by atoms with Crippen molar-refractivity contribution in [3.05, 3.63) is 95.1 Å².